The van der Waals surface area contributed by atoms with Gasteiger partial charge in [0.05, 0.1) is 0 Å². The first-order valence-corrected chi connectivity index (χ1v) is 6.50. The van der Waals surface area contributed by atoms with Crippen LogP contribution in [-0.2, 0) is 6.54 Å². The van der Waals surface area contributed by atoms with Crippen molar-refractivity contribution < 1.29 is 9.90 Å². The molecule has 0 unspecified atom stereocenters. The summed E-state index contributed by atoms with van der Waals surface area (Å²) in [6, 6.07) is 3.57. The van der Waals surface area contributed by atoms with Crippen LogP contribution in [0, 0.1) is 5.41 Å². The second kappa shape index (κ2) is 4.55. The van der Waals surface area contributed by atoms with Gasteiger partial charge in [0.2, 0.25) is 0 Å². The van der Waals surface area contributed by atoms with Gasteiger partial charge in [0, 0.05) is 18.0 Å². The van der Waals surface area contributed by atoms with E-state index in [1.807, 2.05) is 6.07 Å². The molecule has 0 radical (unpaired) electrons. The van der Waals surface area contributed by atoms with Gasteiger partial charge < -0.3 is 10.4 Å². The Balaban J connectivity index is 1.79. The summed E-state index contributed by atoms with van der Waals surface area (Å²) in [5.41, 5.74) is 0.548. The fraction of sp³-hybridized carbons (Fsp3) is 0.583. The zero-order valence-electron chi connectivity index (χ0n) is 9.45. The monoisotopic (exact) mass is 239 g/mol. The molecule has 1 aromatic heterocycles. The van der Waals surface area contributed by atoms with Crippen LogP contribution in [0.25, 0.3) is 0 Å². The third-order valence-corrected chi connectivity index (χ3v) is 4.45. The molecule has 1 heterocycles. The molecule has 0 aromatic carbocycles. The molecule has 1 fully saturated rings. The molecule has 0 saturated heterocycles. The van der Waals surface area contributed by atoms with Gasteiger partial charge in [0.1, 0.15) is 4.88 Å². The molecule has 1 aromatic rings. The average molecular weight is 239 g/mol. The Hall–Kier alpha value is -0.870. The van der Waals surface area contributed by atoms with E-state index >= 15 is 0 Å². The molecule has 3 nitrogen and oxygen atoms in total. The van der Waals surface area contributed by atoms with Crippen molar-refractivity contribution in [2.75, 3.05) is 6.54 Å². The van der Waals surface area contributed by atoms with Crippen molar-refractivity contribution in [3.63, 3.8) is 0 Å². The van der Waals surface area contributed by atoms with Crippen molar-refractivity contribution in [3.8, 4) is 0 Å². The Morgan fingerprint density at radius 3 is 2.81 bits per heavy atom. The highest BCUT2D eigenvalue weighted by Crippen LogP contribution is 2.47. The molecule has 1 saturated carbocycles. The first-order chi connectivity index (χ1) is 7.65. The number of carboxylic acids is 1. The minimum atomic E-state index is -0.830. The summed E-state index contributed by atoms with van der Waals surface area (Å²) in [6.07, 6.45) is 3.91. The molecular weight excluding hydrogens is 222 g/mol. The number of hydrogen-bond donors (Lipinski definition) is 2. The summed E-state index contributed by atoms with van der Waals surface area (Å²) in [6.45, 7) is 4.09. The van der Waals surface area contributed by atoms with Crippen molar-refractivity contribution in [2.45, 2.75) is 32.7 Å². The Morgan fingerprint density at radius 1 is 1.56 bits per heavy atom. The maximum atomic E-state index is 10.7. The number of rotatable bonds is 6. The smallest absolute Gasteiger partial charge is 0.345 e. The van der Waals surface area contributed by atoms with Crippen LogP contribution in [0.2, 0.25) is 0 Å². The number of aromatic carboxylic acids is 1. The zero-order chi connectivity index (χ0) is 11.6. The lowest BCUT2D eigenvalue weighted by atomic mass is 10.0. The molecule has 16 heavy (non-hydrogen) atoms. The maximum Gasteiger partial charge on any atom is 0.345 e. The minimum absolute atomic E-state index is 0.424. The lowest BCUT2D eigenvalue weighted by Gasteiger charge is -2.12. The fourth-order valence-corrected chi connectivity index (χ4v) is 2.69. The maximum absolute atomic E-state index is 10.7. The van der Waals surface area contributed by atoms with E-state index in [4.69, 9.17) is 5.11 Å². The van der Waals surface area contributed by atoms with Crippen molar-refractivity contribution in [2.24, 2.45) is 5.41 Å². The van der Waals surface area contributed by atoms with Crippen LogP contribution in [0.15, 0.2) is 12.1 Å². The van der Waals surface area contributed by atoms with Gasteiger partial charge in [-0.2, -0.15) is 0 Å². The minimum Gasteiger partial charge on any atom is -0.477 e. The lowest BCUT2D eigenvalue weighted by Crippen LogP contribution is -2.22. The quantitative estimate of drug-likeness (QED) is 0.802. The molecule has 0 atom stereocenters. The summed E-state index contributed by atoms with van der Waals surface area (Å²) < 4.78 is 0. The standard InChI is InChI=1S/C12H17NO2S/c1-2-12(5-6-12)8-13-7-9-3-4-10(16-9)11(14)15/h3-4,13H,2,5-8H2,1H3,(H,14,15). The van der Waals surface area contributed by atoms with E-state index in [2.05, 4.69) is 12.2 Å². The summed E-state index contributed by atoms with van der Waals surface area (Å²) in [5.74, 6) is -0.830. The van der Waals surface area contributed by atoms with E-state index in [9.17, 15) is 4.79 Å². The zero-order valence-corrected chi connectivity index (χ0v) is 10.3. The summed E-state index contributed by atoms with van der Waals surface area (Å²) in [7, 11) is 0. The van der Waals surface area contributed by atoms with Crippen LogP contribution in [0.3, 0.4) is 0 Å². The molecule has 4 heteroatoms. The molecule has 0 spiro atoms. The highest BCUT2D eigenvalue weighted by molar-refractivity contribution is 7.13. The molecule has 1 aliphatic carbocycles. The molecule has 2 rings (SSSR count). The first-order valence-electron chi connectivity index (χ1n) is 5.68. The second-order valence-electron chi connectivity index (χ2n) is 4.53. The van der Waals surface area contributed by atoms with Crippen molar-refractivity contribution in [3.05, 3.63) is 21.9 Å². The Morgan fingerprint density at radius 2 is 2.31 bits per heavy atom. The van der Waals surface area contributed by atoms with Crippen LogP contribution in [0.5, 0.6) is 0 Å². The van der Waals surface area contributed by atoms with Crippen LogP contribution in [-0.4, -0.2) is 17.6 Å². The predicted molar refractivity (Wildman–Crippen MR) is 64.9 cm³/mol. The van der Waals surface area contributed by atoms with E-state index in [0.717, 1.165) is 18.0 Å². The lowest BCUT2D eigenvalue weighted by molar-refractivity contribution is 0.0702. The third kappa shape index (κ3) is 2.62. The molecular formula is C12H17NO2S. The predicted octanol–water partition coefficient (Wildman–Crippen LogP) is 2.73. The van der Waals surface area contributed by atoms with Crippen LogP contribution in [0.4, 0.5) is 0 Å². The topological polar surface area (TPSA) is 49.3 Å². The van der Waals surface area contributed by atoms with Gasteiger partial charge in [0.25, 0.3) is 0 Å². The Labute approximate surface area is 99.5 Å². The molecule has 1 aliphatic rings. The Bertz CT molecular complexity index is 382. The molecule has 0 bridgehead atoms. The summed E-state index contributed by atoms with van der Waals surface area (Å²) in [4.78, 5) is 12.2. The summed E-state index contributed by atoms with van der Waals surface area (Å²) >= 11 is 1.36. The Kier molecular flexibility index (Phi) is 3.30. The van der Waals surface area contributed by atoms with Gasteiger partial charge in [-0.25, -0.2) is 4.79 Å². The molecule has 0 amide bonds. The number of nitrogens with one attached hydrogen (secondary N) is 1. The number of carboxylic acid groups (broad SMARTS) is 1. The second-order valence-corrected chi connectivity index (χ2v) is 5.70. The number of hydrogen-bond acceptors (Lipinski definition) is 3. The van der Waals surface area contributed by atoms with E-state index in [0.29, 0.717) is 10.3 Å². The molecule has 88 valence electrons. The molecule has 2 N–H and O–H groups in total. The van der Waals surface area contributed by atoms with Crippen molar-refractivity contribution in [1.29, 1.82) is 0 Å². The van der Waals surface area contributed by atoms with E-state index in [-0.39, 0.29) is 0 Å². The highest BCUT2D eigenvalue weighted by atomic mass is 32.1. The van der Waals surface area contributed by atoms with Gasteiger partial charge in [-0.05, 0) is 36.8 Å². The summed E-state index contributed by atoms with van der Waals surface area (Å²) in [5, 5.41) is 12.2. The van der Waals surface area contributed by atoms with Gasteiger partial charge in [-0.15, -0.1) is 11.3 Å². The largest absolute Gasteiger partial charge is 0.477 e. The first kappa shape index (κ1) is 11.6. The van der Waals surface area contributed by atoms with Gasteiger partial charge in [-0.3, -0.25) is 0 Å². The van der Waals surface area contributed by atoms with E-state index < -0.39 is 5.97 Å². The average Bonchev–Trinajstić information content (AvgIpc) is 2.88. The highest BCUT2D eigenvalue weighted by Gasteiger charge is 2.39. The third-order valence-electron chi connectivity index (χ3n) is 3.38. The van der Waals surface area contributed by atoms with Gasteiger partial charge >= 0.3 is 5.97 Å². The van der Waals surface area contributed by atoms with Crippen molar-refractivity contribution in [1.82, 2.24) is 5.32 Å². The van der Waals surface area contributed by atoms with Gasteiger partial charge in [0.15, 0.2) is 0 Å². The fourth-order valence-electron chi connectivity index (χ4n) is 1.87. The van der Waals surface area contributed by atoms with E-state index in [1.54, 1.807) is 6.07 Å². The molecule has 0 aliphatic heterocycles. The van der Waals surface area contributed by atoms with Crippen LogP contribution < -0.4 is 5.32 Å². The van der Waals surface area contributed by atoms with E-state index in [1.165, 1.54) is 30.6 Å². The number of thiophene rings is 1. The van der Waals surface area contributed by atoms with Crippen LogP contribution >= 0.6 is 11.3 Å². The number of carbonyl (C=O) groups is 1. The SMILES string of the molecule is CCC1(CNCc2ccc(C(=O)O)s2)CC1. The van der Waals surface area contributed by atoms with Gasteiger partial charge in [-0.1, -0.05) is 6.92 Å². The van der Waals surface area contributed by atoms with Crippen molar-refractivity contribution >= 4 is 17.3 Å². The van der Waals surface area contributed by atoms with Crippen LogP contribution in [0.1, 0.15) is 40.7 Å². The normalized spacial score (nSPS) is 17.3.